The minimum absolute atomic E-state index is 0.218. The van der Waals surface area contributed by atoms with E-state index in [4.69, 9.17) is 4.74 Å². The van der Waals surface area contributed by atoms with Gasteiger partial charge >= 0.3 is 0 Å². The second-order valence-corrected chi connectivity index (χ2v) is 6.43. The van der Waals surface area contributed by atoms with Crippen molar-refractivity contribution < 1.29 is 9.84 Å². The predicted molar refractivity (Wildman–Crippen MR) is 86.4 cm³/mol. The quantitative estimate of drug-likeness (QED) is 0.809. The van der Waals surface area contributed by atoms with Crippen LogP contribution >= 0.6 is 0 Å². The Kier molecular flexibility index (Phi) is 6.52. The fourth-order valence-corrected chi connectivity index (χ4v) is 3.15. The van der Waals surface area contributed by atoms with Gasteiger partial charge in [0.15, 0.2) is 0 Å². The molecular formula is C18H29NO2. The molecule has 2 unspecified atom stereocenters. The highest BCUT2D eigenvalue weighted by atomic mass is 16.5. The van der Waals surface area contributed by atoms with Crippen LogP contribution in [0, 0.1) is 11.8 Å². The fraction of sp³-hybridized carbons (Fsp3) is 0.667. The molecule has 2 N–H and O–H groups in total. The lowest BCUT2D eigenvalue weighted by Gasteiger charge is -2.30. The van der Waals surface area contributed by atoms with Crippen molar-refractivity contribution in [1.29, 1.82) is 0 Å². The summed E-state index contributed by atoms with van der Waals surface area (Å²) in [7, 11) is 0. The molecule has 0 radical (unpaired) electrons. The van der Waals surface area contributed by atoms with Gasteiger partial charge in [-0.25, -0.2) is 0 Å². The summed E-state index contributed by atoms with van der Waals surface area (Å²) in [6.45, 7) is 6.31. The molecule has 0 saturated heterocycles. The average Bonchev–Trinajstić information content (AvgIpc) is 2.49. The smallest absolute Gasteiger partial charge is 0.119 e. The molecule has 0 spiro atoms. The molecule has 0 bridgehead atoms. The molecular weight excluding hydrogens is 262 g/mol. The minimum atomic E-state index is 0.218. The average molecular weight is 291 g/mol. The first-order chi connectivity index (χ1) is 10.2. The molecule has 1 aliphatic rings. The van der Waals surface area contributed by atoms with E-state index in [1.165, 1.54) is 31.2 Å². The van der Waals surface area contributed by atoms with Gasteiger partial charge in [0.2, 0.25) is 0 Å². The molecule has 1 aliphatic carbocycles. The molecule has 0 amide bonds. The monoisotopic (exact) mass is 291 g/mol. The van der Waals surface area contributed by atoms with Gasteiger partial charge in [-0.15, -0.1) is 0 Å². The number of aliphatic hydroxyl groups excluding tert-OH is 1. The van der Waals surface area contributed by atoms with Crippen LogP contribution in [0.1, 0.15) is 45.1 Å². The maximum atomic E-state index is 9.44. The van der Waals surface area contributed by atoms with Crippen molar-refractivity contribution in [3.63, 3.8) is 0 Å². The Morgan fingerprint density at radius 3 is 2.43 bits per heavy atom. The molecule has 2 atom stereocenters. The number of nitrogens with one attached hydrogen (secondary N) is 1. The zero-order valence-electron chi connectivity index (χ0n) is 13.3. The Morgan fingerprint density at radius 2 is 1.81 bits per heavy atom. The third kappa shape index (κ3) is 5.33. The number of hydrogen-bond acceptors (Lipinski definition) is 3. The molecule has 2 rings (SSSR count). The molecule has 118 valence electrons. The summed E-state index contributed by atoms with van der Waals surface area (Å²) in [4.78, 5) is 0. The summed E-state index contributed by atoms with van der Waals surface area (Å²) in [5.74, 6) is 2.06. The van der Waals surface area contributed by atoms with Crippen LogP contribution in [0.15, 0.2) is 24.3 Å². The highest BCUT2D eigenvalue weighted by molar-refractivity contribution is 5.27. The summed E-state index contributed by atoms with van der Waals surface area (Å²) in [6.07, 6.45) is 5.24. The van der Waals surface area contributed by atoms with Crippen LogP contribution in [0.2, 0.25) is 0 Å². The van der Waals surface area contributed by atoms with Crippen molar-refractivity contribution in [3.8, 4) is 5.75 Å². The zero-order valence-corrected chi connectivity index (χ0v) is 13.3. The van der Waals surface area contributed by atoms with Gasteiger partial charge in [-0.3, -0.25) is 0 Å². The largest absolute Gasteiger partial charge is 0.491 e. The molecule has 1 aromatic rings. The van der Waals surface area contributed by atoms with E-state index in [1.54, 1.807) is 0 Å². The number of benzene rings is 1. The van der Waals surface area contributed by atoms with Crippen molar-refractivity contribution in [1.82, 2.24) is 5.32 Å². The highest BCUT2D eigenvalue weighted by Gasteiger charge is 2.23. The highest BCUT2D eigenvalue weighted by Crippen LogP contribution is 2.29. The van der Waals surface area contributed by atoms with Crippen LogP contribution in [-0.4, -0.2) is 24.4 Å². The Balaban J connectivity index is 1.75. The first kappa shape index (κ1) is 16.3. The standard InChI is InChI=1S/C18H29NO2/c1-14(2)21-18-9-7-15(8-10-18)11-19-12-16-5-3-4-6-17(16)13-20/h7-10,14,16-17,19-20H,3-6,11-13H2,1-2H3. The summed E-state index contributed by atoms with van der Waals surface area (Å²) >= 11 is 0. The molecule has 0 heterocycles. The van der Waals surface area contributed by atoms with Crippen LogP contribution in [0.5, 0.6) is 5.75 Å². The third-order valence-electron chi connectivity index (χ3n) is 4.33. The van der Waals surface area contributed by atoms with E-state index in [-0.39, 0.29) is 6.10 Å². The Labute approximate surface area is 128 Å². The van der Waals surface area contributed by atoms with E-state index in [2.05, 4.69) is 17.4 Å². The van der Waals surface area contributed by atoms with Crippen molar-refractivity contribution in [2.45, 2.75) is 52.2 Å². The van der Waals surface area contributed by atoms with Crippen LogP contribution in [0.3, 0.4) is 0 Å². The molecule has 1 fully saturated rings. The topological polar surface area (TPSA) is 41.5 Å². The number of hydrogen-bond donors (Lipinski definition) is 2. The van der Waals surface area contributed by atoms with Crippen molar-refractivity contribution in [2.75, 3.05) is 13.2 Å². The normalized spacial score (nSPS) is 22.5. The Hall–Kier alpha value is -1.06. The van der Waals surface area contributed by atoms with Gasteiger partial charge in [0.1, 0.15) is 5.75 Å². The summed E-state index contributed by atoms with van der Waals surface area (Å²) in [6, 6.07) is 8.31. The number of ether oxygens (including phenoxy) is 1. The molecule has 3 heteroatoms. The first-order valence-corrected chi connectivity index (χ1v) is 8.26. The molecule has 21 heavy (non-hydrogen) atoms. The van der Waals surface area contributed by atoms with E-state index in [0.29, 0.717) is 18.4 Å². The zero-order chi connectivity index (χ0) is 15.1. The fourth-order valence-electron chi connectivity index (χ4n) is 3.15. The van der Waals surface area contributed by atoms with Gasteiger partial charge in [-0.05, 0) is 62.8 Å². The Morgan fingerprint density at radius 1 is 1.14 bits per heavy atom. The first-order valence-electron chi connectivity index (χ1n) is 8.26. The van der Waals surface area contributed by atoms with Crippen molar-refractivity contribution >= 4 is 0 Å². The van der Waals surface area contributed by atoms with Gasteiger partial charge < -0.3 is 15.2 Å². The van der Waals surface area contributed by atoms with Crippen molar-refractivity contribution in [2.24, 2.45) is 11.8 Å². The molecule has 1 aromatic carbocycles. The van der Waals surface area contributed by atoms with Crippen molar-refractivity contribution in [3.05, 3.63) is 29.8 Å². The van der Waals surface area contributed by atoms with Crippen LogP contribution in [-0.2, 0) is 6.54 Å². The van der Waals surface area contributed by atoms with E-state index >= 15 is 0 Å². The third-order valence-corrected chi connectivity index (χ3v) is 4.33. The van der Waals surface area contributed by atoms with Gasteiger partial charge in [0.05, 0.1) is 6.10 Å². The second-order valence-electron chi connectivity index (χ2n) is 6.43. The maximum absolute atomic E-state index is 9.44. The molecule has 0 aliphatic heterocycles. The lowest BCUT2D eigenvalue weighted by Crippen LogP contribution is -2.32. The van der Waals surface area contributed by atoms with E-state index < -0.39 is 0 Å². The molecule has 0 aromatic heterocycles. The van der Waals surface area contributed by atoms with E-state index in [0.717, 1.165) is 18.8 Å². The molecule has 1 saturated carbocycles. The minimum Gasteiger partial charge on any atom is -0.491 e. The Bertz CT molecular complexity index is 402. The summed E-state index contributed by atoms with van der Waals surface area (Å²) in [5.41, 5.74) is 1.28. The second kappa shape index (κ2) is 8.40. The molecule has 3 nitrogen and oxygen atoms in total. The summed E-state index contributed by atoms with van der Waals surface area (Å²) < 4.78 is 5.65. The van der Waals surface area contributed by atoms with Gasteiger partial charge in [0.25, 0.3) is 0 Å². The number of aliphatic hydroxyl groups is 1. The van der Waals surface area contributed by atoms with E-state index in [9.17, 15) is 5.11 Å². The number of rotatable bonds is 7. The summed E-state index contributed by atoms with van der Waals surface area (Å²) in [5, 5.41) is 13.0. The van der Waals surface area contributed by atoms with Gasteiger partial charge in [-0.2, -0.15) is 0 Å². The van der Waals surface area contributed by atoms with E-state index in [1.807, 2.05) is 26.0 Å². The SMILES string of the molecule is CC(C)Oc1ccc(CNCC2CCCCC2CO)cc1. The van der Waals surface area contributed by atoms with Crippen LogP contribution in [0.4, 0.5) is 0 Å². The predicted octanol–water partition coefficient (Wildman–Crippen LogP) is 3.36. The van der Waals surface area contributed by atoms with Gasteiger partial charge in [0, 0.05) is 13.2 Å². The van der Waals surface area contributed by atoms with Crippen LogP contribution < -0.4 is 10.1 Å². The lowest BCUT2D eigenvalue weighted by molar-refractivity contribution is 0.133. The lowest BCUT2D eigenvalue weighted by atomic mass is 9.79. The maximum Gasteiger partial charge on any atom is 0.119 e. The van der Waals surface area contributed by atoms with Gasteiger partial charge in [-0.1, -0.05) is 25.0 Å². The van der Waals surface area contributed by atoms with Crippen LogP contribution in [0.25, 0.3) is 0 Å².